The first kappa shape index (κ1) is 15.8. The van der Waals surface area contributed by atoms with E-state index in [1.165, 1.54) is 12.1 Å². The fourth-order valence-electron chi connectivity index (χ4n) is 1.58. The maximum atomic E-state index is 11.9. The van der Waals surface area contributed by atoms with Crippen molar-refractivity contribution in [3.63, 3.8) is 0 Å². The SMILES string of the molecule is OCCCCCNCc1ccc(OC(F)(F)F)cc1. The van der Waals surface area contributed by atoms with Crippen molar-refractivity contribution >= 4 is 0 Å². The molecule has 0 heterocycles. The zero-order valence-corrected chi connectivity index (χ0v) is 10.5. The van der Waals surface area contributed by atoms with Crippen LogP contribution in [0.2, 0.25) is 0 Å². The van der Waals surface area contributed by atoms with E-state index in [1.54, 1.807) is 12.1 Å². The number of hydrogen-bond donors (Lipinski definition) is 2. The highest BCUT2D eigenvalue weighted by atomic mass is 19.4. The van der Waals surface area contributed by atoms with Crippen molar-refractivity contribution in [1.82, 2.24) is 5.32 Å². The smallest absolute Gasteiger partial charge is 0.406 e. The molecule has 0 unspecified atom stereocenters. The number of hydrogen-bond acceptors (Lipinski definition) is 3. The van der Waals surface area contributed by atoms with Gasteiger partial charge in [0.2, 0.25) is 0 Å². The van der Waals surface area contributed by atoms with Gasteiger partial charge in [0.05, 0.1) is 0 Å². The minimum atomic E-state index is -4.65. The van der Waals surface area contributed by atoms with Crippen LogP contribution in [0.1, 0.15) is 24.8 Å². The van der Waals surface area contributed by atoms with E-state index in [9.17, 15) is 13.2 Å². The summed E-state index contributed by atoms with van der Waals surface area (Å²) in [5.74, 6) is -0.209. The van der Waals surface area contributed by atoms with Crippen LogP contribution in [0.15, 0.2) is 24.3 Å². The summed E-state index contributed by atoms with van der Waals surface area (Å²) in [7, 11) is 0. The van der Waals surface area contributed by atoms with Crippen molar-refractivity contribution in [3.8, 4) is 5.75 Å². The summed E-state index contributed by atoms with van der Waals surface area (Å²) in [5.41, 5.74) is 0.900. The normalized spacial score (nSPS) is 11.6. The van der Waals surface area contributed by atoms with Gasteiger partial charge in [-0.1, -0.05) is 12.1 Å². The van der Waals surface area contributed by atoms with Gasteiger partial charge < -0.3 is 15.2 Å². The van der Waals surface area contributed by atoms with Crippen LogP contribution in [-0.4, -0.2) is 24.6 Å². The number of alkyl halides is 3. The second-order valence-electron chi connectivity index (χ2n) is 4.15. The molecule has 1 aromatic rings. The minimum Gasteiger partial charge on any atom is -0.406 e. The summed E-state index contributed by atoms with van der Waals surface area (Å²) in [4.78, 5) is 0. The van der Waals surface area contributed by atoms with Gasteiger partial charge in [0, 0.05) is 13.2 Å². The highest BCUT2D eigenvalue weighted by molar-refractivity contribution is 5.27. The van der Waals surface area contributed by atoms with Gasteiger partial charge in [-0.2, -0.15) is 0 Å². The molecule has 0 aliphatic heterocycles. The Morgan fingerprint density at radius 3 is 2.32 bits per heavy atom. The van der Waals surface area contributed by atoms with Crippen LogP contribution >= 0.6 is 0 Å². The lowest BCUT2D eigenvalue weighted by atomic mass is 10.2. The molecule has 108 valence electrons. The maximum Gasteiger partial charge on any atom is 0.573 e. The Balaban J connectivity index is 2.25. The van der Waals surface area contributed by atoms with Gasteiger partial charge >= 0.3 is 6.36 Å². The standard InChI is InChI=1S/C13H18F3NO2/c14-13(15,16)19-12-6-4-11(5-7-12)10-17-8-2-1-3-9-18/h4-7,17-18H,1-3,8-10H2. The van der Waals surface area contributed by atoms with Gasteiger partial charge in [-0.15, -0.1) is 13.2 Å². The first-order chi connectivity index (χ1) is 9.01. The quantitative estimate of drug-likeness (QED) is 0.718. The highest BCUT2D eigenvalue weighted by Gasteiger charge is 2.30. The molecule has 0 aliphatic rings. The summed E-state index contributed by atoms with van der Waals surface area (Å²) in [5, 5.41) is 11.8. The molecule has 0 amide bonds. The van der Waals surface area contributed by atoms with Crippen molar-refractivity contribution in [2.75, 3.05) is 13.2 Å². The van der Waals surface area contributed by atoms with Crippen LogP contribution < -0.4 is 10.1 Å². The summed E-state index contributed by atoms with van der Waals surface area (Å²) < 4.78 is 39.6. The predicted octanol–water partition coefficient (Wildman–Crippen LogP) is 2.84. The molecule has 0 saturated carbocycles. The average Bonchev–Trinajstić information content (AvgIpc) is 2.34. The molecular formula is C13H18F3NO2. The van der Waals surface area contributed by atoms with E-state index >= 15 is 0 Å². The van der Waals surface area contributed by atoms with Crippen molar-refractivity contribution in [3.05, 3.63) is 29.8 Å². The maximum absolute atomic E-state index is 11.9. The summed E-state index contributed by atoms with van der Waals surface area (Å²) >= 11 is 0. The first-order valence-electron chi connectivity index (χ1n) is 6.17. The molecule has 6 heteroatoms. The second kappa shape index (κ2) is 8.01. The van der Waals surface area contributed by atoms with Crippen LogP contribution in [0, 0.1) is 0 Å². The molecule has 0 atom stereocenters. The van der Waals surface area contributed by atoms with Crippen LogP contribution in [0.3, 0.4) is 0 Å². The number of aliphatic hydroxyl groups is 1. The topological polar surface area (TPSA) is 41.5 Å². The monoisotopic (exact) mass is 277 g/mol. The number of benzene rings is 1. The third kappa shape index (κ3) is 7.69. The van der Waals surface area contributed by atoms with E-state index in [4.69, 9.17) is 5.11 Å². The van der Waals surface area contributed by atoms with E-state index in [0.29, 0.717) is 6.54 Å². The molecule has 1 aromatic carbocycles. The van der Waals surface area contributed by atoms with Crippen molar-refractivity contribution in [2.45, 2.75) is 32.2 Å². The Labute approximate surface area is 110 Å². The Bertz CT molecular complexity index is 352. The van der Waals surface area contributed by atoms with Crippen molar-refractivity contribution < 1.29 is 23.0 Å². The third-order valence-electron chi connectivity index (χ3n) is 2.50. The highest BCUT2D eigenvalue weighted by Crippen LogP contribution is 2.22. The predicted molar refractivity (Wildman–Crippen MR) is 65.8 cm³/mol. The lowest BCUT2D eigenvalue weighted by molar-refractivity contribution is -0.274. The molecule has 19 heavy (non-hydrogen) atoms. The Kier molecular flexibility index (Phi) is 6.66. The van der Waals surface area contributed by atoms with Gasteiger partial charge in [0.1, 0.15) is 5.75 Å². The molecule has 0 aromatic heterocycles. The fourth-order valence-corrected chi connectivity index (χ4v) is 1.58. The van der Waals surface area contributed by atoms with E-state index < -0.39 is 6.36 Å². The van der Waals surface area contributed by atoms with Gasteiger partial charge in [-0.05, 0) is 43.5 Å². The van der Waals surface area contributed by atoms with Crippen LogP contribution in [-0.2, 0) is 6.54 Å². The number of halogens is 3. The first-order valence-corrected chi connectivity index (χ1v) is 6.17. The van der Waals surface area contributed by atoms with Gasteiger partial charge in [0.25, 0.3) is 0 Å². The van der Waals surface area contributed by atoms with Crippen LogP contribution in [0.4, 0.5) is 13.2 Å². The third-order valence-corrected chi connectivity index (χ3v) is 2.50. The summed E-state index contributed by atoms with van der Waals surface area (Å²) in [6, 6.07) is 5.80. The largest absolute Gasteiger partial charge is 0.573 e. The van der Waals surface area contributed by atoms with E-state index in [1.807, 2.05) is 0 Å². The van der Waals surface area contributed by atoms with Crippen molar-refractivity contribution in [2.24, 2.45) is 0 Å². The average molecular weight is 277 g/mol. The molecule has 2 N–H and O–H groups in total. The molecule has 0 saturated heterocycles. The zero-order chi connectivity index (χ0) is 14.1. The molecule has 0 fully saturated rings. The molecule has 0 bridgehead atoms. The Hall–Kier alpha value is -1.27. The molecular weight excluding hydrogens is 259 g/mol. The number of nitrogens with one attached hydrogen (secondary N) is 1. The zero-order valence-electron chi connectivity index (χ0n) is 10.5. The lowest BCUT2D eigenvalue weighted by Crippen LogP contribution is -2.17. The number of unbranched alkanes of at least 4 members (excludes halogenated alkanes) is 2. The number of ether oxygens (including phenoxy) is 1. The number of rotatable bonds is 8. The molecule has 0 spiro atoms. The van der Waals surface area contributed by atoms with Gasteiger partial charge in [0.15, 0.2) is 0 Å². The molecule has 0 radical (unpaired) electrons. The molecule has 1 rings (SSSR count). The van der Waals surface area contributed by atoms with Crippen LogP contribution in [0.5, 0.6) is 5.75 Å². The van der Waals surface area contributed by atoms with Crippen molar-refractivity contribution in [1.29, 1.82) is 0 Å². The summed E-state index contributed by atoms with van der Waals surface area (Å²) in [6.07, 6.45) is -1.92. The van der Waals surface area contributed by atoms with Gasteiger partial charge in [-0.25, -0.2) is 0 Å². The van der Waals surface area contributed by atoms with E-state index in [0.717, 1.165) is 31.4 Å². The van der Waals surface area contributed by atoms with E-state index in [2.05, 4.69) is 10.1 Å². The summed E-state index contributed by atoms with van der Waals surface area (Å²) in [6.45, 7) is 1.63. The second-order valence-corrected chi connectivity index (χ2v) is 4.15. The van der Waals surface area contributed by atoms with E-state index in [-0.39, 0.29) is 12.4 Å². The number of aliphatic hydroxyl groups excluding tert-OH is 1. The minimum absolute atomic E-state index is 0.209. The fraction of sp³-hybridized carbons (Fsp3) is 0.538. The molecule has 0 aliphatic carbocycles. The Morgan fingerprint density at radius 2 is 1.74 bits per heavy atom. The Morgan fingerprint density at radius 1 is 1.05 bits per heavy atom. The molecule has 3 nitrogen and oxygen atoms in total. The van der Waals surface area contributed by atoms with Crippen LogP contribution in [0.25, 0.3) is 0 Å². The van der Waals surface area contributed by atoms with Gasteiger partial charge in [-0.3, -0.25) is 0 Å². The lowest BCUT2D eigenvalue weighted by Gasteiger charge is -2.09.